The van der Waals surface area contributed by atoms with E-state index in [1.54, 1.807) is 24.3 Å². The molecule has 0 unspecified atom stereocenters. The molecule has 2 amide bonds. The first-order valence-electron chi connectivity index (χ1n) is 14.3. The van der Waals surface area contributed by atoms with Gasteiger partial charge in [0.15, 0.2) is 9.84 Å². The second-order valence-corrected chi connectivity index (χ2v) is 13.3. The van der Waals surface area contributed by atoms with Crippen LogP contribution in [0.15, 0.2) is 77.7 Å². The molecule has 43 heavy (non-hydrogen) atoms. The van der Waals surface area contributed by atoms with Gasteiger partial charge in [-0.25, -0.2) is 8.42 Å². The molecule has 1 aromatic heterocycles. The van der Waals surface area contributed by atoms with Crippen LogP contribution >= 0.6 is 0 Å². The molecule has 0 spiro atoms. The van der Waals surface area contributed by atoms with Crippen LogP contribution < -0.4 is 5.32 Å². The van der Waals surface area contributed by atoms with Crippen LogP contribution in [0, 0.1) is 13.8 Å². The molecule has 0 aliphatic carbocycles. The number of carbonyl (C=O) groups excluding carboxylic acids is 2. The van der Waals surface area contributed by atoms with Crippen molar-refractivity contribution in [3.8, 4) is 11.1 Å². The van der Waals surface area contributed by atoms with Crippen molar-refractivity contribution >= 4 is 39.0 Å². The zero-order valence-corrected chi connectivity index (χ0v) is 25.3. The molecular formula is C34H34N4O4S. The average Bonchev–Trinajstić information content (AvgIpc) is 3.46. The fourth-order valence-corrected chi connectivity index (χ4v) is 7.29. The number of fused-ring (bicyclic) bond motifs is 1. The molecule has 0 radical (unpaired) electrons. The molecule has 0 saturated carbocycles. The summed E-state index contributed by atoms with van der Waals surface area (Å²) in [5, 5.41) is 2.85. The molecule has 8 nitrogen and oxygen atoms in total. The molecule has 0 atom stereocenters. The van der Waals surface area contributed by atoms with Gasteiger partial charge in [-0.2, -0.15) is 0 Å². The van der Waals surface area contributed by atoms with Crippen LogP contribution in [0.2, 0.25) is 0 Å². The molecular weight excluding hydrogens is 560 g/mol. The topological polar surface area (TPSA) is 103 Å². The molecule has 4 aromatic rings. The minimum Gasteiger partial charge on any atom is -0.358 e. The van der Waals surface area contributed by atoms with E-state index in [1.165, 1.54) is 0 Å². The summed E-state index contributed by atoms with van der Waals surface area (Å²) in [5.41, 5.74) is 6.69. The minimum atomic E-state index is -3.75. The van der Waals surface area contributed by atoms with E-state index in [-0.39, 0.29) is 22.5 Å². The predicted octanol–water partition coefficient (Wildman–Crippen LogP) is 5.15. The van der Waals surface area contributed by atoms with Gasteiger partial charge in [-0.15, -0.1) is 0 Å². The van der Waals surface area contributed by atoms with Crippen molar-refractivity contribution in [2.24, 2.45) is 0 Å². The van der Waals surface area contributed by atoms with Crippen LogP contribution in [0.5, 0.6) is 0 Å². The van der Waals surface area contributed by atoms with Crippen molar-refractivity contribution in [3.63, 3.8) is 0 Å². The summed E-state index contributed by atoms with van der Waals surface area (Å²) in [6.07, 6.45) is 1.71. The quantitative estimate of drug-likeness (QED) is 0.301. The van der Waals surface area contributed by atoms with Gasteiger partial charge >= 0.3 is 0 Å². The van der Waals surface area contributed by atoms with E-state index < -0.39 is 9.84 Å². The molecule has 220 valence electrons. The standard InChI is InChI=1S/C34H34N4O4S/c1-22-31(35-23(2)32(22)34(40)38-17-15-37(3)16-18-38)20-29-28-19-26(13-14-30(28)36-33(29)39)43(41,42)21-25-11-7-8-12-27(25)24-9-5-4-6-10-24/h4-14,19-20,35H,15-18,21H2,1-3H3,(H,36,39). The number of nitrogens with one attached hydrogen (secondary N) is 2. The molecule has 2 aliphatic rings. The summed E-state index contributed by atoms with van der Waals surface area (Å²) in [4.78, 5) is 34.0. The van der Waals surface area contributed by atoms with E-state index in [0.29, 0.717) is 46.7 Å². The SMILES string of the molecule is Cc1[nH]c(C=C2C(=O)Nc3ccc(S(=O)(=O)Cc4ccccc4-c4ccccc4)cc32)c(C)c1C(=O)N1CCN(C)CC1. The fourth-order valence-electron chi connectivity index (χ4n) is 5.89. The molecule has 3 heterocycles. The number of aryl methyl sites for hydroxylation is 1. The van der Waals surface area contributed by atoms with E-state index in [0.717, 1.165) is 35.5 Å². The fraction of sp³-hybridized carbons (Fsp3) is 0.235. The largest absolute Gasteiger partial charge is 0.358 e. The summed E-state index contributed by atoms with van der Waals surface area (Å²) >= 11 is 0. The summed E-state index contributed by atoms with van der Waals surface area (Å²) in [6.45, 7) is 6.71. The highest BCUT2D eigenvalue weighted by atomic mass is 32.2. The number of aromatic nitrogens is 1. The maximum Gasteiger partial charge on any atom is 0.256 e. The van der Waals surface area contributed by atoms with Crippen LogP contribution in [0.4, 0.5) is 5.69 Å². The lowest BCUT2D eigenvalue weighted by Crippen LogP contribution is -2.47. The molecule has 3 aromatic carbocycles. The Morgan fingerprint density at radius 1 is 0.907 bits per heavy atom. The summed E-state index contributed by atoms with van der Waals surface area (Å²) in [5.74, 6) is -0.522. The van der Waals surface area contributed by atoms with Gasteiger partial charge in [-0.05, 0) is 67.4 Å². The van der Waals surface area contributed by atoms with Gasteiger partial charge in [0.25, 0.3) is 11.8 Å². The maximum absolute atomic E-state index is 13.7. The van der Waals surface area contributed by atoms with E-state index in [9.17, 15) is 18.0 Å². The smallest absolute Gasteiger partial charge is 0.256 e. The number of anilines is 1. The summed E-state index contributed by atoms with van der Waals surface area (Å²) in [6, 6.07) is 22.0. The van der Waals surface area contributed by atoms with E-state index >= 15 is 0 Å². The third kappa shape index (κ3) is 5.53. The first-order valence-corrected chi connectivity index (χ1v) is 16.0. The number of amides is 2. The molecule has 1 fully saturated rings. The zero-order chi connectivity index (χ0) is 30.3. The highest BCUT2D eigenvalue weighted by Crippen LogP contribution is 2.37. The van der Waals surface area contributed by atoms with Crippen LogP contribution in [0.1, 0.15) is 38.4 Å². The first-order chi connectivity index (χ1) is 20.6. The lowest BCUT2D eigenvalue weighted by molar-refractivity contribution is -0.110. The number of aromatic amines is 1. The second-order valence-electron chi connectivity index (χ2n) is 11.3. The van der Waals surface area contributed by atoms with Crippen LogP contribution in [-0.2, 0) is 20.4 Å². The number of carbonyl (C=O) groups is 2. The van der Waals surface area contributed by atoms with Crippen molar-refractivity contribution < 1.29 is 18.0 Å². The van der Waals surface area contributed by atoms with Gasteiger partial charge in [-0.3, -0.25) is 9.59 Å². The number of likely N-dealkylation sites (N-methyl/N-ethyl adjacent to an activating group) is 1. The number of piperazine rings is 1. The monoisotopic (exact) mass is 594 g/mol. The number of hydrogen-bond acceptors (Lipinski definition) is 5. The summed E-state index contributed by atoms with van der Waals surface area (Å²) in [7, 11) is -1.70. The van der Waals surface area contributed by atoms with Crippen LogP contribution in [0.25, 0.3) is 22.8 Å². The number of H-pyrrole nitrogens is 1. The van der Waals surface area contributed by atoms with E-state index in [1.807, 2.05) is 80.4 Å². The maximum atomic E-state index is 13.7. The Morgan fingerprint density at radius 2 is 1.60 bits per heavy atom. The van der Waals surface area contributed by atoms with Gasteiger partial charge in [0.05, 0.1) is 21.8 Å². The Labute approximate surface area is 252 Å². The molecule has 2 aliphatic heterocycles. The van der Waals surface area contributed by atoms with Crippen molar-refractivity contribution in [3.05, 3.63) is 106 Å². The third-order valence-corrected chi connectivity index (χ3v) is 10.0. The number of rotatable bonds is 6. The Balaban J connectivity index is 1.32. The van der Waals surface area contributed by atoms with Crippen LogP contribution in [-0.4, -0.2) is 68.2 Å². The van der Waals surface area contributed by atoms with Gasteiger partial charge in [0, 0.05) is 48.8 Å². The molecule has 0 bridgehead atoms. The Kier molecular flexibility index (Phi) is 7.54. The van der Waals surface area contributed by atoms with E-state index in [4.69, 9.17) is 0 Å². The van der Waals surface area contributed by atoms with E-state index in [2.05, 4.69) is 15.2 Å². The van der Waals surface area contributed by atoms with Crippen molar-refractivity contribution in [1.82, 2.24) is 14.8 Å². The first kappa shape index (κ1) is 28.6. The zero-order valence-electron chi connectivity index (χ0n) is 24.5. The third-order valence-electron chi connectivity index (χ3n) is 8.35. The number of hydrogen-bond donors (Lipinski definition) is 2. The lowest BCUT2D eigenvalue weighted by Gasteiger charge is -2.32. The summed E-state index contributed by atoms with van der Waals surface area (Å²) < 4.78 is 27.4. The van der Waals surface area contributed by atoms with Crippen molar-refractivity contribution in [1.29, 1.82) is 0 Å². The van der Waals surface area contributed by atoms with Crippen molar-refractivity contribution in [2.75, 3.05) is 38.5 Å². The number of benzene rings is 3. The molecule has 1 saturated heterocycles. The molecule has 2 N–H and O–H groups in total. The Bertz CT molecular complexity index is 1870. The normalized spacial score (nSPS) is 16.4. The Morgan fingerprint density at radius 3 is 2.35 bits per heavy atom. The van der Waals surface area contributed by atoms with Gasteiger partial charge < -0.3 is 20.1 Å². The molecule has 9 heteroatoms. The lowest BCUT2D eigenvalue weighted by atomic mass is 10.0. The van der Waals surface area contributed by atoms with Crippen molar-refractivity contribution in [2.45, 2.75) is 24.5 Å². The Hall–Kier alpha value is -4.47. The minimum absolute atomic E-state index is 0.0237. The second kappa shape index (κ2) is 11.3. The van der Waals surface area contributed by atoms with Gasteiger partial charge in [-0.1, -0.05) is 54.6 Å². The average molecular weight is 595 g/mol. The van der Waals surface area contributed by atoms with Crippen LogP contribution in [0.3, 0.4) is 0 Å². The highest BCUT2D eigenvalue weighted by Gasteiger charge is 2.29. The number of sulfone groups is 1. The highest BCUT2D eigenvalue weighted by molar-refractivity contribution is 7.90. The molecule has 6 rings (SSSR count). The predicted molar refractivity (Wildman–Crippen MR) is 169 cm³/mol. The van der Waals surface area contributed by atoms with Gasteiger partial charge in [0.2, 0.25) is 0 Å². The number of nitrogens with zero attached hydrogens (tertiary/aromatic N) is 2. The van der Waals surface area contributed by atoms with Gasteiger partial charge in [0.1, 0.15) is 0 Å².